The number of H-pyrrole nitrogens is 1. The standard InChI is InChI=1S/C17H13F2N7.C5H4N2O/c1-20-11-5-4-10(18)14(12(11)19)26-16-9(3-2-6-21-16)13-15-17(24-7-22-13)25-8-23-15;8-4-5-3-6-1-2-7-5/h2-8,20H,1H3,(H,21,26)(H,22,23,24,25);1-4H. The first-order valence-electron chi connectivity index (χ1n) is 9.85. The summed E-state index contributed by atoms with van der Waals surface area (Å²) >= 11 is 0. The number of hydrogen-bond acceptors (Lipinski definition) is 9. The van der Waals surface area contributed by atoms with E-state index in [2.05, 4.69) is 45.5 Å². The Morgan fingerprint density at radius 1 is 1.00 bits per heavy atom. The third-order valence-corrected chi connectivity index (χ3v) is 4.59. The monoisotopic (exact) mass is 461 g/mol. The van der Waals surface area contributed by atoms with Crippen LogP contribution in [0.3, 0.4) is 0 Å². The van der Waals surface area contributed by atoms with Crippen molar-refractivity contribution in [1.82, 2.24) is 34.9 Å². The Balaban J connectivity index is 0.000000291. The third kappa shape index (κ3) is 4.65. The molecule has 0 aliphatic heterocycles. The number of benzene rings is 1. The van der Waals surface area contributed by atoms with Crippen molar-refractivity contribution in [2.24, 2.45) is 0 Å². The Kier molecular flexibility index (Phi) is 6.68. The van der Waals surface area contributed by atoms with Crippen LogP contribution < -0.4 is 10.6 Å². The Hall–Kier alpha value is -4.87. The molecular formula is C22H17F2N9O. The van der Waals surface area contributed by atoms with Crippen molar-refractivity contribution in [2.75, 3.05) is 17.7 Å². The number of nitrogens with one attached hydrogen (secondary N) is 3. The number of nitrogens with zero attached hydrogens (tertiary/aromatic N) is 6. The molecular weight excluding hydrogens is 444 g/mol. The van der Waals surface area contributed by atoms with Crippen molar-refractivity contribution in [2.45, 2.75) is 0 Å². The van der Waals surface area contributed by atoms with Crippen molar-refractivity contribution in [3.8, 4) is 11.3 Å². The lowest BCUT2D eigenvalue weighted by molar-refractivity contribution is 0.111. The average molecular weight is 461 g/mol. The van der Waals surface area contributed by atoms with Gasteiger partial charge in [0, 0.05) is 31.2 Å². The van der Waals surface area contributed by atoms with Gasteiger partial charge < -0.3 is 15.6 Å². The molecule has 0 radical (unpaired) electrons. The van der Waals surface area contributed by atoms with Gasteiger partial charge in [0.15, 0.2) is 17.8 Å². The van der Waals surface area contributed by atoms with Gasteiger partial charge in [0.05, 0.1) is 18.2 Å². The molecule has 4 heterocycles. The van der Waals surface area contributed by atoms with Crippen LogP contribution >= 0.6 is 0 Å². The Labute approximate surface area is 191 Å². The summed E-state index contributed by atoms with van der Waals surface area (Å²) in [5.41, 5.74) is 2.41. The zero-order valence-corrected chi connectivity index (χ0v) is 17.7. The maximum Gasteiger partial charge on any atom is 0.181 e. The molecule has 0 saturated heterocycles. The molecule has 170 valence electrons. The third-order valence-electron chi connectivity index (χ3n) is 4.59. The molecule has 0 aliphatic rings. The average Bonchev–Trinajstić information content (AvgIpc) is 3.37. The number of carbonyl (C=O) groups is 1. The first kappa shape index (κ1) is 22.3. The van der Waals surface area contributed by atoms with E-state index in [-0.39, 0.29) is 17.2 Å². The van der Waals surface area contributed by atoms with Crippen LogP contribution in [-0.2, 0) is 0 Å². The van der Waals surface area contributed by atoms with Gasteiger partial charge >= 0.3 is 0 Å². The predicted molar refractivity (Wildman–Crippen MR) is 122 cm³/mol. The number of anilines is 3. The number of carbonyl (C=O) groups excluding carboxylic acids is 1. The topological polar surface area (TPSA) is 134 Å². The molecule has 5 rings (SSSR count). The number of aromatic amines is 1. The second-order valence-electron chi connectivity index (χ2n) is 6.63. The van der Waals surface area contributed by atoms with Crippen LogP contribution in [0, 0.1) is 11.6 Å². The molecule has 0 unspecified atom stereocenters. The van der Waals surface area contributed by atoms with Crippen LogP contribution in [0.5, 0.6) is 0 Å². The summed E-state index contributed by atoms with van der Waals surface area (Å²) in [4.78, 5) is 36.9. The van der Waals surface area contributed by atoms with E-state index in [0.29, 0.717) is 34.4 Å². The number of aldehydes is 1. The quantitative estimate of drug-likeness (QED) is 0.334. The van der Waals surface area contributed by atoms with Crippen molar-refractivity contribution >= 4 is 34.6 Å². The van der Waals surface area contributed by atoms with Gasteiger partial charge in [-0.3, -0.25) is 14.8 Å². The molecule has 0 fully saturated rings. The van der Waals surface area contributed by atoms with Gasteiger partial charge in [-0.25, -0.2) is 28.7 Å². The van der Waals surface area contributed by atoms with E-state index in [1.54, 1.807) is 19.2 Å². The maximum absolute atomic E-state index is 14.5. The number of halogens is 2. The van der Waals surface area contributed by atoms with Crippen LogP contribution in [0.15, 0.2) is 61.7 Å². The minimum Gasteiger partial charge on any atom is -0.386 e. The van der Waals surface area contributed by atoms with Crippen molar-refractivity contribution < 1.29 is 13.6 Å². The molecule has 0 saturated carbocycles. The summed E-state index contributed by atoms with van der Waals surface area (Å²) in [6.45, 7) is 0. The Morgan fingerprint density at radius 3 is 2.62 bits per heavy atom. The Bertz CT molecular complexity index is 1430. The summed E-state index contributed by atoms with van der Waals surface area (Å²) in [5, 5.41) is 5.42. The lowest BCUT2D eigenvalue weighted by atomic mass is 10.1. The summed E-state index contributed by atoms with van der Waals surface area (Å²) in [6, 6.07) is 5.96. The molecule has 12 heteroatoms. The molecule has 5 aromatic rings. The number of fused-ring (bicyclic) bond motifs is 1. The first-order chi connectivity index (χ1) is 16.6. The zero-order chi connectivity index (χ0) is 23.9. The van der Waals surface area contributed by atoms with Crippen molar-refractivity contribution in [3.63, 3.8) is 0 Å². The lowest BCUT2D eigenvalue weighted by Crippen LogP contribution is -2.04. The van der Waals surface area contributed by atoms with E-state index in [9.17, 15) is 13.6 Å². The highest BCUT2D eigenvalue weighted by atomic mass is 19.1. The van der Waals surface area contributed by atoms with Crippen LogP contribution in [-0.4, -0.2) is 48.2 Å². The first-order valence-corrected chi connectivity index (χ1v) is 9.85. The molecule has 3 N–H and O–H groups in total. The van der Waals surface area contributed by atoms with Crippen molar-refractivity contribution in [3.05, 3.63) is 79.0 Å². The molecule has 0 aliphatic carbocycles. The fourth-order valence-corrected chi connectivity index (χ4v) is 3.02. The van der Waals surface area contributed by atoms with E-state index < -0.39 is 11.6 Å². The predicted octanol–water partition coefficient (Wildman–Crippen LogP) is 3.77. The molecule has 10 nitrogen and oxygen atoms in total. The highest BCUT2D eigenvalue weighted by Gasteiger charge is 2.18. The zero-order valence-electron chi connectivity index (χ0n) is 17.7. The molecule has 34 heavy (non-hydrogen) atoms. The fourth-order valence-electron chi connectivity index (χ4n) is 3.02. The molecule has 4 aromatic heterocycles. The second kappa shape index (κ2) is 10.2. The number of pyridine rings is 1. The van der Waals surface area contributed by atoms with E-state index in [0.717, 1.165) is 0 Å². The number of hydrogen-bond donors (Lipinski definition) is 3. The molecule has 0 bridgehead atoms. The van der Waals surface area contributed by atoms with Gasteiger partial charge in [-0.05, 0) is 24.3 Å². The van der Waals surface area contributed by atoms with Crippen LogP contribution in [0.1, 0.15) is 10.5 Å². The van der Waals surface area contributed by atoms with Crippen LogP contribution in [0.2, 0.25) is 0 Å². The SMILES string of the molecule is CNc1ccc(F)c(Nc2ncccc2-c2ncnc3nc[nH]c23)c1F.O=Cc1cnccn1. The summed E-state index contributed by atoms with van der Waals surface area (Å²) < 4.78 is 28.7. The lowest BCUT2D eigenvalue weighted by Gasteiger charge is -2.14. The van der Waals surface area contributed by atoms with Crippen LogP contribution in [0.4, 0.5) is 26.0 Å². The maximum atomic E-state index is 14.5. The molecule has 0 spiro atoms. The van der Waals surface area contributed by atoms with Gasteiger partial charge in [0.25, 0.3) is 0 Å². The van der Waals surface area contributed by atoms with Crippen molar-refractivity contribution in [1.29, 1.82) is 0 Å². The second-order valence-corrected chi connectivity index (χ2v) is 6.63. The van der Waals surface area contributed by atoms with Crippen LogP contribution in [0.25, 0.3) is 22.4 Å². The van der Waals surface area contributed by atoms with E-state index in [1.165, 1.54) is 49.6 Å². The minimum atomic E-state index is -0.738. The Morgan fingerprint density at radius 2 is 1.88 bits per heavy atom. The van der Waals surface area contributed by atoms with Gasteiger partial charge in [-0.1, -0.05) is 0 Å². The fraction of sp³-hybridized carbons (Fsp3) is 0.0455. The van der Waals surface area contributed by atoms with E-state index in [4.69, 9.17) is 0 Å². The normalized spacial score (nSPS) is 10.3. The van der Waals surface area contributed by atoms with Gasteiger partial charge in [-0.15, -0.1) is 0 Å². The molecule has 0 amide bonds. The minimum absolute atomic E-state index is 0.171. The van der Waals surface area contributed by atoms with Gasteiger partial charge in [-0.2, -0.15) is 0 Å². The number of aromatic nitrogens is 7. The van der Waals surface area contributed by atoms with E-state index in [1.807, 2.05) is 0 Å². The number of imidazole rings is 1. The molecule has 1 aromatic carbocycles. The highest BCUT2D eigenvalue weighted by molar-refractivity contribution is 5.91. The van der Waals surface area contributed by atoms with E-state index >= 15 is 0 Å². The smallest absolute Gasteiger partial charge is 0.181 e. The van der Waals surface area contributed by atoms with Gasteiger partial charge in [0.1, 0.15) is 40.6 Å². The number of rotatable bonds is 5. The molecule has 0 atom stereocenters. The van der Waals surface area contributed by atoms with Gasteiger partial charge in [0.2, 0.25) is 0 Å². The summed E-state index contributed by atoms with van der Waals surface area (Å²) in [7, 11) is 1.56. The summed E-state index contributed by atoms with van der Waals surface area (Å²) in [6.07, 6.45) is 9.46. The largest absolute Gasteiger partial charge is 0.386 e. The summed E-state index contributed by atoms with van der Waals surface area (Å²) in [5.74, 6) is -1.21. The highest BCUT2D eigenvalue weighted by Crippen LogP contribution is 2.33.